The van der Waals surface area contributed by atoms with Gasteiger partial charge >= 0.3 is 5.97 Å². The van der Waals surface area contributed by atoms with E-state index in [9.17, 15) is 9.59 Å². The zero-order valence-electron chi connectivity index (χ0n) is 21.4. The summed E-state index contributed by atoms with van der Waals surface area (Å²) in [6.45, 7) is 3.62. The average Bonchev–Trinajstić information content (AvgIpc) is 3.23. The van der Waals surface area contributed by atoms with E-state index in [-0.39, 0.29) is 11.6 Å². The van der Waals surface area contributed by atoms with Crippen molar-refractivity contribution < 1.29 is 14.3 Å². The van der Waals surface area contributed by atoms with Crippen LogP contribution in [0.3, 0.4) is 0 Å². The first-order valence-corrected chi connectivity index (χ1v) is 14.0. The zero-order valence-corrected chi connectivity index (χ0v) is 23.0. The molecular formula is C31H25ClN2O4S. The molecule has 0 spiro atoms. The monoisotopic (exact) mass is 556 g/mol. The number of aromatic nitrogens is 1. The highest BCUT2D eigenvalue weighted by atomic mass is 35.5. The summed E-state index contributed by atoms with van der Waals surface area (Å²) in [5.41, 5.74) is 6.14. The molecule has 8 heteroatoms. The quantitative estimate of drug-likeness (QED) is 0.247. The summed E-state index contributed by atoms with van der Waals surface area (Å²) in [6, 6.07) is 21.1. The minimum atomic E-state index is -0.426. The van der Waals surface area contributed by atoms with Gasteiger partial charge in [0.1, 0.15) is 0 Å². The van der Waals surface area contributed by atoms with Crippen LogP contribution >= 0.6 is 22.9 Å². The maximum absolute atomic E-state index is 13.9. The van der Waals surface area contributed by atoms with Gasteiger partial charge in [0.15, 0.2) is 16.3 Å². The number of esters is 1. The van der Waals surface area contributed by atoms with Crippen molar-refractivity contribution in [2.24, 2.45) is 4.99 Å². The van der Waals surface area contributed by atoms with Crippen LogP contribution in [-0.4, -0.2) is 17.1 Å². The van der Waals surface area contributed by atoms with Crippen LogP contribution < -0.4 is 24.4 Å². The molecule has 1 aliphatic carbocycles. The number of nitrogens with zero attached hydrogens (tertiary/aromatic N) is 2. The second-order valence-electron chi connectivity index (χ2n) is 9.40. The van der Waals surface area contributed by atoms with Crippen molar-refractivity contribution in [2.75, 3.05) is 6.61 Å². The molecule has 0 bridgehead atoms. The summed E-state index contributed by atoms with van der Waals surface area (Å²) in [4.78, 5) is 31.2. The number of aryl methyl sites for hydroxylation is 1. The largest absolute Gasteiger partial charge is 0.490 e. The number of allylic oxidation sites excluding steroid dienone is 1. The van der Waals surface area contributed by atoms with Crippen LogP contribution in [0.25, 0.3) is 11.8 Å². The van der Waals surface area contributed by atoms with E-state index in [1.165, 1.54) is 23.8 Å². The number of hydrogen-bond donors (Lipinski definition) is 0. The average molecular weight is 557 g/mol. The minimum absolute atomic E-state index is 0.105. The summed E-state index contributed by atoms with van der Waals surface area (Å²) in [6.07, 6.45) is 3.55. The van der Waals surface area contributed by atoms with Crippen molar-refractivity contribution in [1.82, 2.24) is 4.57 Å². The van der Waals surface area contributed by atoms with Crippen LogP contribution in [0.1, 0.15) is 48.6 Å². The third-order valence-electron chi connectivity index (χ3n) is 6.88. The Morgan fingerprint density at radius 1 is 1.10 bits per heavy atom. The molecule has 0 fully saturated rings. The van der Waals surface area contributed by atoms with Gasteiger partial charge in [-0.15, -0.1) is 0 Å². The van der Waals surface area contributed by atoms with Crippen LogP contribution in [0, 0.1) is 0 Å². The lowest BCUT2D eigenvalue weighted by Crippen LogP contribution is -2.38. The Morgan fingerprint density at radius 2 is 1.90 bits per heavy atom. The molecule has 0 unspecified atom stereocenters. The van der Waals surface area contributed by atoms with E-state index in [1.54, 1.807) is 18.2 Å². The molecular weight excluding hydrogens is 532 g/mol. The molecule has 1 aromatic heterocycles. The Bertz CT molecular complexity index is 1820. The molecule has 4 aromatic rings. The van der Waals surface area contributed by atoms with E-state index >= 15 is 0 Å². The van der Waals surface area contributed by atoms with Gasteiger partial charge in [-0.05, 0) is 72.4 Å². The van der Waals surface area contributed by atoms with Gasteiger partial charge in [-0.25, -0.2) is 4.99 Å². The van der Waals surface area contributed by atoms with E-state index in [2.05, 4.69) is 18.2 Å². The lowest BCUT2D eigenvalue weighted by Gasteiger charge is -2.30. The number of benzene rings is 3. The van der Waals surface area contributed by atoms with Gasteiger partial charge < -0.3 is 9.47 Å². The standard InChI is InChI=1S/C31H25ClN2O4S/c1-3-37-26-16-19(8-15-25(26)38-18(2)35)17-27-30(36)34-29(21-9-12-22(32)13-10-21)24-14-11-20-6-4-5-7-23(20)28(24)33-31(34)39-27/h4-10,12-13,15-17,29H,3,11,14H2,1-2H3/b27-17+/t29-/m0/s1. The molecule has 196 valence electrons. The molecule has 0 N–H and O–H groups in total. The minimum Gasteiger partial charge on any atom is -0.490 e. The van der Waals surface area contributed by atoms with Gasteiger partial charge in [-0.2, -0.15) is 0 Å². The fourth-order valence-corrected chi connectivity index (χ4v) is 6.37. The number of thiazole rings is 1. The van der Waals surface area contributed by atoms with Crippen LogP contribution in [0.4, 0.5) is 0 Å². The molecule has 6 rings (SSSR count). The maximum Gasteiger partial charge on any atom is 0.308 e. The van der Waals surface area contributed by atoms with Gasteiger partial charge in [0.05, 0.1) is 22.9 Å². The molecule has 6 nitrogen and oxygen atoms in total. The van der Waals surface area contributed by atoms with Crippen molar-refractivity contribution in [3.8, 4) is 11.5 Å². The van der Waals surface area contributed by atoms with Crippen LogP contribution in [0.15, 0.2) is 82.1 Å². The van der Waals surface area contributed by atoms with Gasteiger partial charge in [-0.3, -0.25) is 14.2 Å². The van der Waals surface area contributed by atoms with E-state index in [0.717, 1.165) is 40.8 Å². The lowest BCUT2D eigenvalue weighted by molar-refractivity contribution is -0.132. The topological polar surface area (TPSA) is 69.9 Å². The van der Waals surface area contributed by atoms with Gasteiger partial charge in [0.25, 0.3) is 5.56 Å². The van der Waals surface area contributed by atoms with Crippen molar-refractivity contribution >= 4 is 40.7 Å². The number of halogens is 1. The first-order valence-electron chi connectivity index (χ1n) is 12.8. The first-order chi connectivity index (χ1) is 18.9. The summed E-state index contributed by atoms with van der Waals surface area (Å²) >= 11 is 7.58. The third-order valence-corrected chi connectivity index (χ3v) is 8.11. The van der Waals surface area contributed by atoms with Gasteiger partial charge in [0.2, 0.25) is 0 Å². The maximum atomic E-state index is 13.9. The zero-order chi connectivity index (χ0) is 27.1. The molecule has 1 aliphatic heterocycles. The number of carbonyl (C=O) groups is 1. The van der Waals surface area contributed by atoms with Crippen molar-refractivity contribution in [3.05, 3.63) is 119 Å². The lowest BCUT2D eigenvalue weighted by atomic mass is 9.83. The molecule has 2 heterocycles. The number of carbonyl (C=O) groups excluding carboxylic acids is 1. The highest BCUT2D eigenvalue weighted by Crippen LogP contribution is 2.41. The highest BCUT2D eigenvalue weighted by Gasteiger charge is 2.32. The van der Waals surface area contributed by atoms with Crippen LogP contribution in [-0.2, 0) is 11.2 Å². The molecule has 2 aliphatic rings. The molecule has 1 atom stereocenters. The molecule has 0 amide bonds. The summed E-state index contributed by atoms with van der Waals surface area (Å²) in [5, 5.41) is 0.650. The molecule has 0 radical (unpaired) electrons. The van der Waals surface area contributed by atoms with Gasteiger partial charge in [-0.1, -0.05) is 65.4 Å². The number of fused-ring (bicyclic) bond motifs is 3. The summed E-state index contributed by atoms with van der Waals surface area (Å²) < 4.78 is 13.3. The van der Waals surface area contributed by atoms with Crippen molar-refractivity contribution in [1.29, 1.82) is 0 Å². The van der Waals surface area contributed by atoms with Crippen molar-refractivity contribution in [3.63, 3.8) is 0 Å². The third kappa shape index (κ3) is 4.73. The Labute approximate surface area is 234 Å². The predicted molar refractivity (Wildman–Crippen MR) is 153 cm³/mol. The van der Waals surface area contributed by atoms with E-state index in [0.29, 0.717) is 32.5 Å². The summed E-state index contributed by atoms with van der Waals surface area (Å²) in [7, 11) is 0. The second kappa shape index (κ2) is 10.3. The number of rotatable bonds is 5. The summed E-state index contributed by atoms with van der Waals surface area (Å²) in [5.74, 6) is 0.363. The molecule has 3 aromatic carbocycles. The van der Waals surface area contributed by atoms with E-state index < -0.39 is 5.97 Å². The molecule has 0 saturated heterocycles. The number of hydrogen-bond acceptors (Lipinski definition) is 6. The number of ether oxygens (including phenoxy) is 2. The molecule has 0 saturated carbocycles. The Morgan fingerprint density at radius 3 is 2.67 bits per heavy atom. The van der Waals surface area contributed by atoms with Crippen LogP contribution in [0.5, 0.6) is 11.5 Å². The normalized spacial score (nSPS) is 16.2. The van der Waals surface area contributed by atoms with Crippen molar-refractivity contribution in [2.45, 2.75) is 32.7 Å². The Hall–Kier alpha value is -3.94. The predicted octanol–water partition coefficient (Wildman–Crippen LogP) is 5.30. The van der Waals surface area contributed by atoms with E-state index in [4.69, 9.17) is 26.1 Å². The molecule has 39 heavy (non-hydrogen) atoms. The highest BCUT2D eigenvalue weighted by molar-refractivity contribution is 7.07. The SMILES string of the molecule is CCOc1cc(/C=c2/sc3n(c2=O)[C@@H](c2ccc(Cl)cc2)C2=C(N=3)c3ccccc3CC2)ccc1OC(C)=O. The smallest absolute Gasteiger partial charge is 0.308 e. The fourth-order valence-electron chi connectivity index (χ4n) is 5.24. The first kappa shape index (κ1) is 25.3. The fraction of sp³-hybridized carbons (Fsp3) is 0.194. The Balaban J connectivity index is 1.54. The second-order valence-corrected chi connectivity index (χ2v) is 10.8. The van der Waals surface area contributed by atoms with E-state index in [1.807, 2.05) is 47.9 Å². The van der Waals surface area contributed by atoms with Crippen LogP contribution in [0.2, 0.25) is 5.02 Å². The Kier molecular flexibility index (Phi) is 6.71. The van der Waals surface area contributed by atoms with Gasteiger partial charge in [0, 0.05) is 17.5 Å².